The van der Waals surface area contributed by atoms with E-state index in [2.05, 4.69) is 31.7 Å². The quantitative estimate of drug-likeness (QED) is 0.784. The summed E-state index contributed by atoms with van der Waals surface area (Å²) < 4.78 is 5.66. The van der Waals surface area contributed by atoms with Crippen molar-refractivity contribution in [1.82, 2.24) is 4.90 Å². The normalized spacial score (nSPS) is 12.7. The van der Waals surface area contributed by atoms with E-state index in [1.807, 2.05) is 19.2 Å². The summed E-state index contributed by atoms with van der Waals surface area (Å²) >= 11 is 0. The van der Waals surface area contributed by atoms with Gasteiger partial charge in [-0.2, -0.15) is 0 Å². The maximum absolute atomic E-state index is 9.95. The number of likely N-dealkylation sites (N-methyl/N-ethyl adjacent to an activating group) is 1. The zero-order valence-corrected chi connectivity index (χ0v) is 12.6. The summed E-state index contributed by atoms with van der Waals surface area (Å²) in [6, 6.07) is 6.11. The molecule has 0 fully saturated rings. The topological polar surface area (TPSA) is 32.7 Å². The van der Waals surface area contributed by atoms with Crippen molar-refractivity contribution in [3.63, 3.8) is 0 Å². The Morgan fingerprint density at radius 2 is 1.84 bits per heavy atom. The van der Waals surface area contributed by atoms with Gasteiger partial charge >= 0.3 is 0 Å². The third kappa shape index (κ3) is 6.60. The van der Waals surface area contributed by atoms with Gasteiger partial charge in [-0.3, -0.25) is 0 Å². The summed E-state index contributed by atoms with van der Waals surface area (Å²) in [6.45, 7) is 8.30. The Balaban J connectivity index is 2.35. The first-order chi connectivity index (χ1) is 9.01. The van der Waals surface area contributed by atoms with Crippen LogP contribution in [0.3, 0.4) is 0 Å². The highest BCUT2D eigenvalue weighted by atomic mass is 16.5. The summed E-state index contributed by atoms with van der Waals surface area (Å²) in [6.07, 6.45) is 1.91. The number of nitrogens with zero attached hydrogens (tertiary/aromatic N) is 1. The Morgan fingerprint density at radius 1 is 1.21 bits per heavy atom. The molecule has 1 rings (SSSR count). The average molecular weight is 265 g/mol. The van der Waals surface area contributed by atoms with Gasteiger partial charge in [0.25, 0.3) is 0 Å². The van der Waals surface area contributed by atoms with Crippen molar-refractivity contribution in [1.29, 1.82) is 0 Å². The molecule has 0 spiro atoms. The molecule has 0 radical (unpaired) electrons. The molecule has 1 N–H and O–H groups in total. The molecular weight excluding hydrogens is 238 g/mol. The van der Waals surface area contributed by atoms with Gasteiger partial charge in [0.05, 0.1) is 0 Å². The van der Waals surface area contributed by atoms with E-state index in [0.29, 0.717) is 13.2 Å². The molecule has 1 unspecified atom stereocenters. The number of benzene rings is 1. The van der Waals surface area contributed by atoms with Gasteiger partial charge in [-0.1, -0.05) is 19.4 Å². The molecule has 0 amide bonds. The van der Waals surface area contributed by atoms with Crippen LogP contribution in [-0.2, 0) is 0 Å². The van der Waals surface area contributed by atoms with Gasteiger partial charge < -0.3 is 14.7 Å². The van der Waals surface area contributed by atoms with Crippen LogP contribution in [-0.4, -0.2) is 42.9 Å². The number of hydrogen-bond donors (Lipinski definition) is 1. The Bertz CT molecular complexity index is 359. The molecule has 1 atom stereocenters. The van der Waals surface area contributed by atoms with Crippen molar-refractivity contribution >= 4 is 0 Å². The minimum atomic E-state index is -0.442. The van der Waals surface area contributed by atoms with Crippen LogP contribution in [0, 0.1) is 13.8 Å². The van der Waals surface area contributed by atoms with E-state index in [1.54, 1.807) is 0 Å². The third-order valence-corrected chi connectivity index (χ3v) is 3.05. The number of aliphatic hydroxyl groups excluding tert-OH is 1. The molecule has 1 aromatic rings. The predicted molar refractivity (Wildman–Crippen MR) is 79.8 cm³/mol. The fraction of sp³-hybridized carbons (Fsp3) is 0.625. The molecule has 0 aliphatic rings. The first-order valence-electron chi connectivity index (χ1n) is 7.09. The molecule has 3 heteroatoms. The summed E-state index contributed by atoms with van der Waals surface area (Å²) in [5.74, 6) is 0.841. The molecule has 0 bridgehead atoms. The molecule has 19 heavy (non-hydrogen) atoms. The summed E-state index contributed by atoms with van der Waals surface area (Å²) in [7, 11) is 2.04. The zero-order chi connectivity index (χ0) is 14.3. The minimum absolute atomic E-state index is 0.347. The fourth-order valence-electron chi connectivity index (χ4n) is 2.14. The minimum Gasteiger partial charge on any atom is -0.491 e. The third-order valence-electron chi connectivity index (χ3n) is 3.05. The Labute approximate surface area is 117 Å². The van der Waals surface area contributed by atoms with Gasteiger partial charge in [-0.15, -0.1) is 0 Å². The van der Waals surface area contributed by atoms with E-state index < -0.39 is 6.10 Å². The molecule has 0 aliphatic heterocycles. The second-order valence-electron chi connectivity index (χ2n) is 5.40. The lowest BCUT2D eigenvalue weighted by Crippen LogP contribution is -2.33. The Hall–Kier alpha value is -1.06. The number of aliphatic hydroxyl groups is 1. The van der Waals surface area contributed by atoms with Gasteiger partial charge in [-0.25, -0.2) is 0 Å². The molecule has 0 saturated heterocycles. The Kier molecular flexibility index (Phi) is 6.89. The largest absolute Gasteiger partial charge is 0.491 e. The first kappa shape index (κ1) is 16.0. The van der Waals surface area contributed by atoms with Crippen molar-refractivity contribution < 1.29 is 9.84 Å². The van der Waals surface area contributed by atoms with Crippen LogP contribution in [0.1, 0.15) is 30.9 Å². The lowest BCUT2D eigenvalue weighted by molar-refractivity contribution is 0.0760. The molecule has 108 valence electrons. The van der Waals surface area contributed by atoms with E-state index >= 15 is 0 Å². The van der Waals surface area contributed by atoms with Crippen molar-refractivity contribution in [2.24, 2.45) is 0 Å². The molecule has 0 aromatic heterocycles. The highest BCUT2D eigenvalue weighted by Gasteiger charge is 2.09. The number of aryl methyl sites for hydroxylation is 2. The van der Waals surface area contributed by atoms with Crippen LogP contribution in [0.4, 0.5) is 0 Å². The number of unbranched alkanes of at least 4 members (excludes halogenated alkanes) is 1. The molecular formula is C16H27NO2. The standard InChI is InChI=1S/C16H27NO2/c1-5-6-7-17(4)11-15(18)12-19-16-9-13(2)8-14(3)10-16/h8-10,15,18H,5-7,11-12H2,1-4H3. The van der Waals surface area contributed by atoms with E-state index in [9.17, 15) is 5.11 Å². The monoisotopic (exact) mass is 265 g/mol. The predicted octanol–water partition coefficient (Wildman–Crippen LogP) is 2.78. The van der Waals surface area contributed by atoms with Crippen LogP contribution in [0.5, 0.6) is 5.75 Å². The number of hydrogen-bond acceptors (Lipinski definition) is 3. The SMILES string of the molecule is CCCCN(C)CC(O)COc1cc(C)cc(C)c1. The lowest BCUT2D eigenvalue weighted by Gasteiger charge is -2.20. The first-order valence-corrected chi connectivity index (χ1v) is 7.09. The van der Waals surface area contributed by atoms with Gasteiger partial charge in [0, 0.05) is 6.54 Å². The van der Waals surface area contributed by atoms with Crippen molar-refractivity contribution in [3.8, 4) is 5.75 Å². The number of rotatable bonds is 8. The highest BCUT2D eigenvalue weighted by molar-refractivity contribution is 5.32. The van der Waals surface area contributed by atoms with Crippen molar-refractivity contribution in [3.05, 3.63) is 29.3 Å². The lowest BCUT2D eigenvalue weighted by atomic mass is 10.1. The van der Waals surface area contributed by atoms with E-state index in [-0.39, 0.29) is 0 Å². The van der Waals surface area contributed by atoms with E-state index in [4.69, 9.17) is 4.74 Å². The van der Waals surface area contributed by atoms with Crippen LogP contribution in [0.15, 0.2) is 18.2 Å². The fourth-order valence-corrected chi connectivity index (χ4v) is 2.14. The molecule has 3 nitrogen and oxygen atoms in total. The van der Waals surface area contributed by atoms with Crippen LogP contribution in [0.2, 0.25) is 0 Å². The van der Waals surface area contributed by atoms with Crippen molar-refractivity contribution in [2.45, 2.75) is 39.7 Å². The van der Waals surface area contributed by atoms with Crippen molar-refractivity contribution in [2.75, 3.05) is 26.7 Å². The summed E-state index contributed by atoms with van der Waals surface area (Å²) in [4.78, 5) is 2.15. The second-order valence-corrected chi connectivity index (χ2v) is 5.40. The van der Waals surface area contributed by atoms with Gasteiger partial charge in [0.2, 0.25) is 0 Å². The number of ether oxygens (including phenoxy) is 1. The van der Waals surface area contributed by atoms with Gasteiger partial charge in [-0.05, 0) is 57.1 Å². The zero-order valence-electron chi connectivity index (χ0n) is 12.6. The smallest absolute Gasteiger partial charge is 0.119 e. The van der Waals surface area contributed by atoms with Gasteiger partial charge in [0.1, 0.15) is 18.5 Å². The Morgan fingerprint density at radius 3 is 2.42 bits per heavy atom. The van der Waals surface area contributed by atoms with E-state index in [0.717, 1.165) is 12.3 Å². The van der Waals surface area contributed by atoms with Crippen LogP contribution in [0.25, 0.3) is 0 Å². The average Bonchev–Trinajstić information content (AvgIpc) is 2.33. The highest BCUT2D eigenvalue weighted by Crippen LogP contribution is 2.16. The van der Waals surface area contributed by atoms with Crippen LogP contribution >= 0.6 is 0 Å². The molecule has 0 saturated carbocycles. The summed E-state index contributed by atoms with van der Waals surface area (Å²) in [5.41, 5.74) is 2.37. The van der Waals surface area contributed by atoms with Gasteiger partial charge in [0.15, 0.2) is 0 Å². The molecule has 0 heterocycles. The maximum Gasteiger partial charge on any atom is 0.119 e. The molecule has 0 aliphatic carbocycles. The summed E-state index contributed by atoms with van der Waals surface area (Å²) in [5, 5.41) is 9.95. The second kappa shape index (κ2) is 8.18. The van der Waals surface area contributed by atoms with E-state index in [1.165, 1.54) is 24.0 Å². The van der Waals surface area contributed by atoms with Crippen LogP contribution < -0.4 is 4.74 Å². The molecule has 1 aromatic carbocycles. The maximum atomic E-state index is 9.95.